The number of ether oxygens (including phenoxy) is 1. The van der Waals surface area contributed by atoms with Crippen LogP contribution in [0.2, 0.25) is 5.02 Å². The van der Waals surface area contributed by atoms with Crippen LogP contribution in [0.1, 0.15) is 33.7 Å². The highest BCUT2D eigenvalue weighted by atomic mass is 35.5. The summed E-state index contributed by atoms with van der Waals surface area (Å²) in [5.41, 5.74) is 3.28. The Morgan fingerprint density at radius 1 is 0.977 bits per heavy atom. The van der Waals surface area contributed by atoms with Gasteiger partial charge in [-0.3, -0.25) is 14.5 Å². The van der Waals surface area contributed by atoms with Crippen molar-refractivity contribution in [1.82, 2.24) is 24.7 Å². The minimum absolute atomic E-state index is 0.0279. The van der Waals surface area contributed by atoms with Crippen LogP contribution >= 0.6 is 11.6 Å². The second kappa shape index (κ2) is 12.3. The Hall–Kier alpha value is -3.45. The third-order valence-electron chi connectivity index (χ3n) is 8.48. The number of carbonyl (C=O) groups is 3. The van der Waals surface area contributed by atoms with Gasteiger partial charge in [-0.15, -0.1) is 0 Å². The maximum Gasteiger partial charge on any atom is 0.471 e. The van der Waals surface area contributed by atoms with Crippen LogP contribution in [0.4, 0.5) is 23.7 Å². The van der Waals surface area contributed by atoms with Gasteiger partial charge in [-0.05, 0) is 63.3 Å². The lowest BCUT2D eigenvalue weighted by Gasteiger charge is -2.39. The summed E-state index contributed by atoms with van der Waals surface area (Å²) >= 11 is 6.31. The molecule has 5 rings (SSSR count). The van der Waals surface area contributed by atoms with Crippen LogP contribution in [0.5, 0.6) is 0 Å². The van der Waals surface area contributed by atoms with Gasteiger partial charge in [0.05, 0.1) is 30.0 Å². The Morgan fingerprint density at radius 3 is 2.19 bits per heavy atom. The molecule has 0 aliphatic carbocycles. The smallest absolute Gasteiger partial charge is 0.442 e. The fourth-order valence-corrected chi connectivity index (χ4v) is 6.27. The lowest BCUT2D eigenvalue weighted by Crippen LogP contribution is -2.59. The molecular formula is C29H34ClF3N6O4. The lowest BCUT2D eigenvalue weighted by molar-refractivity contribution is -0.194. The standard InChI is InChI=1S/C29H34ClF3N6O4/c1-17-5-6-22(9-24(17)30)39(28(42)43-23-14-38(15-23)27(41)29(31,32)33)8-4-7-36-10-20-12-37(13-21(20)11-36)26(40)25-18(2)34-16-35-19(25)3/h5-6,9,16,20-21,23H,4,7-8,10-15H2,1-3H3. The molecule has 3 saturated heterocycles. The highest BCUT2D eigenvalue weighted by Crippen LogP contribution is 2.33. The molecule has 3 fully saturated rings. The van der Waals surface area contributed by atoms with Gasteiger partial charge < -0.3 is 19.4 Å². The van der Waals surface area contributed by atoms with E-state index in [0.717, 1.165) is 18.7 Å². The first-order valence-electron chi connectivity index (χ1n) is 14.2. The van der Waals surface area contributed by atoms with Gasteiger partial charge in [0.1, 0.15) is 12.4 Å². The van der Waals surface area contributed by atoms with Crippen LogP contribution in [-0.4, -0.2) is 107 Å². The average molecular weight is 623 g/mol. The molecule has 0 bridgehead atoms. The second-order valence-corrected chi connectivity index (χ2v) is 12.0. The fourth-order valence-electron chi connectivity index (χ4n) is 6.09. The minimum Gasteiger partial charge on any atom is -0.442 e. The van der Waals surface area contributed by atoms with Crippen molar-refractivity contribution in [2.45, 2.75) is 39.5 Å². The number of hydrogen-bond acceptors (Lipinski definition) is 7. The van der Waals surface area contributed by atoms with Crippen molar-refractivity contribution in [3.63, 3.8) is 0 Å². The third kappa shape index (κ3) is 6.72. The summed E-state index contributed by atoms with van der Waals surface area (Å²) in [6.07, 6.45) is -4.40. The van der Waals surface area contributed by atoms with Crippen LogP contribution < -0.4 is 4.90 Å². The second-order valence-electron chi connectivity index (χ2n) is 11.6. The normalized spacial score (nSPS) is 20.6. The van der Waals surface area contributed by atoms with Crippen LogP contribution in [0.3, 0.4) is 0 Å². The maximum atomic E-state index is 13.2. The summed E-state index contributed by atoms with van der Waals surface area (Å²) in [5, 5.41) is 0.472. The van der Waals surface area contributed by atoms with Gasteiger partial charge in [0, 0.05) is 43.4 Å². The number of carbonyl (C=O) groups excluding carboxylic acids is 3. The van der Waals surface area contributed by atoms with E-state index in [1.54, 1.807) is 18.2 Å². The number of hydrogen-bond donors (Lipinski definition) is 0. The number of anilines is 1. The van der Waals surface area contributed by atoms with Gasteiger partial charge in [-0.25, -0.2) is 14.8 Å². The summed E-state index contributed by atoms with van der Waals surface area (Å²) in [5.74, 6) is -1.26. The molecule has 0 spiro atoms. The van der Waals surface area contributed by atoms with Crippen LogP contribution in [0.15, 0.2) is 24.5 Å². The van der Waals surface area contributed by atoms with Crippen LogP contribution in [0, 0.1) is 32.6 Å². The van der Waals surface area contributed by atoms with E-state index < -0.39 is 24.3 Å². The van der Waals surface area contributed by atoms with Crippen molar-refractivity contribution < 1.29 is 32.3 Å². The molecule has 1 aromatic carbocycles. The zero-order valence-corrected chi connectivity index (χ0v) is 25.0. The molecule has 0 saturated carbocycles. The Labute approximate surface area is 252 Å². The van der Waals surface area contributed by atoms with Crippen molar-refractivity contribution in [2.24, 2.45) is 11.8 Å². The molecule has 43 heavy (non-hydrogen) atoms. The number of amides is 3. The maximum absolute atomic E-state index is 13.2. The van der Waals surface area contributed by atoms with Crippen molar-refractivity contribution in [3.8, 4) is 0 Å². The topological polar surface area (TPSA) is 99.2 Å². The highest BCUT2D eigenvalue weighted by Gasteiger charge is 2.48. The molecule has 3 amide bonds. The van der Waals surface area contributed by atoms with E-state index in [2.05, 4.69) is 14.9 Å². The molecule has 2 atom stereocenters. The molecular weight excluding hydrogens is 589 g/mol. The molecule has 2 unspecified atom stereocenters. The Morgan fingerprint density at radius 2 is 1.60 bits per heavy atom. The number of alkyl halides is 3. The van der Waals surface area contributed by atoms with E-state index in [4.69, 9.17) is 16.3 Å². The fraction of sp³-hybridized carbons (Fsp3) is 0.552. The van der Waals surface area contributed by atoms with Gasteiger partial charge >= 0.3 is 18.2 Å². The first kappa shape index (κ1) is 31.0. The molecule has 10 nitrogen and oxygen atoms in total. The van der Waals surface area contributed by atoms with E-state index in [1.165, 1.54) is 11.2 Å². The Balaban J connectivity index is 1.14. The predicted octanol–water partition coefficient (Wildman–Crippen LogP) is 3.87. The molecule has 0 N–H and O–H groups in total. The van der Waals surface area contributed by atoms with Crippen molar-refractivity contribution in [3.05, 3.63) is 52.1 Å². The number of benzene rings is 1. The number of aryl methyl sites for hydroxylation is 3. The highest BCUT2D eigenvalue weighted by molar-refractivity contribution is 6.31. The summed E-state index contributed by atoms with van der Waals surface area (Å²) in [4.78, 5) is 52.4. The van der Waals surface area contributed by atoms with E-state index in [1.807, 2.05) is 25.7 Å². The SMILES string of the molecule is Cc1ccc(N(CCCN2CC3CN(C(=O)c4c(C)ncnc4C)CC3C2)C(=O)OC2CN(C(=O)C(F)(F)F)C2)cc1Cl. The zero-order chi connectivity index (χ0) is 31.1. The Bertz CT molecular complexity index is 1370. The molecule has 3 aliphatic heterocycles. The molecule has 1 aromatic heterocycles. The number of aromatic nitrogens is 2. The largest absolute Gasteiger partial charge is 0.471 e. The molecule has 0 radical (unpaired) electrons. The monoisotopic (exact) mass is 622 g/mol. The number of nitrogens with zero attached hydrogens (tertiary/aromatic N) is 6. The van der Waals surface area contributed by atoms with Gasteiger partial charge in [-0.2, -0.15) is 13.2 Å². The number of fused-ring (bicyclic) bond motifs is 1. The first-order chi connectivity index (χ1) is 20.3. The van der Waals surface area contributed by atoms with Crippen molar-refractivity contribution in [2.75, 3.05) is 57.3 Å². The molecule has 3 aliphatic rings. The first-order valence-corrected chi connectivity index (χ1v) is 14.6. The summed E-state index contributed by atoms with van der Waals surface area (Å²) in [6.45, 7) is 8.90. The molecule has 4 heterocycles. The van der Waals surface area contributed by atoms with Gasteiger partial charge in [0.15, 0.2) is 0 Å². The number of likely N-dealkylation sites (tertiary alicyclic amines) is 3. The van der Waals surface area contributed by atoms with E-state index in [-0.39, 0.29) is 19.0 Å². The minimum atomic E-state index is -4.96. The van der Waals surface area contributed by atoms with Crippen LogP contribution in [0.25, 0.3) is 0 Å². The molecule has 14 heteroatoms. The predicted molar refractivity (Wildman–Crippen MR) is 152 cm³/mol. The van der Waals surface area contributed by atoms with E-state index in [0.29, 0.717) is 77.0 Å². The van der Waals surface area contributed by atoms with E-state index >= 15 is 0 Å². The average Bonchev–Trinajstić information content (AvgIpc) is 3.48. The zero-order valence-electron chi connectivity index (χ0n) is 24.2. The van der Waals surface area contributed by atoms with Crippen LogP contribution in [-0.2, 0) is 9.53 Å². The molecule has 232 valence electrons. The summed E-state index contributed by atoms with van der Waals surface area (Å²) in [7, 11) is 0. The van der Waals surface area contributed by atoms with Crippen molar-refractivity contribution >= 4 is 35.2 Å². The van der Waals surface area contributed by atoms with Gasteiger partial charge in [-0.1, -0.05) is 17.7 Å². The third-order valence-corrected chi connectivity index (χ3v) is 8.89. The number of rotatable bonds is 7. The quantitative estimate of drug-likeness (QED) is 0.462. The summed E-state index contributed by atoms with van der Waals surface area (Å²) in [6, 6.07) is 5.19. The number of halogens is 4. The lowest BCUT2D eigenvalue weighted by atomic mass is 10.0. The van der Waals surface area contributed by atoms with Gasteiger partial charge in [0.25, 0.3) is 5.91 Å². The van der Waals surface area contributed by atoms with Gasteiger partial charge in [0.2, 0.25) is 0 Å². The van der Waals surface area contributed by atoms with E-state index in [9.17, 15) is 27.6 Å². The Kier molecular flexibility index (Phi) is 8.85. The molecule has 2 aromatic rings. The summed E-state index contributed by atoms with van der Waals surface area (Å²) < 4.78 is 43.5. The van der Waals surface area contributed by atoms with Crippen molar-refractivity contribution in [1.29, 1.82) is 0 Å².